The molecule has 0 heterocycles. The highest BCUT2D eigenvalue weighted by Gasteiger charge is 2.14. The largest absolute Gasteiger partial charge is 0.289 e. The van der Waals surface area contributed by atoms with Crippen molar-refractivity contribution in [1.82, 2.24) is 0 Å². The lowest BCUT2D eigenvalue weighted by atomic mass is 10.1. The monoisotopic (exact) mass is 169 g/mol. The molecule has 0 aliphatic rings. The van der Waals surface area contributed by atoms with E-state index in [-0.39, 0.29) is 0 Å². The molecule has 0 spiro atoms. The van der Waals surface area contributed by atoms with Crippen molar-refractivity contribution in [3.05, 3.63) is 10.1 Å². The molecule has 0 rings (SSSR count). The average Bonchev–Trinajstić information content (AvgIpc) is 2.04. The number of nitro groups is 1. The van der Waals surface area contributed by atoms with Gasteiger partial charge < -0.3 is 0 Å². The number of carbonyl (C=O) groups is 1. The van der Waals surface area contributed by atoms with Crippen LogP contribution in [0.15, 0.2) is 0 Å². The molecule has 0 aromatic carbocycles. The second-order valence-corrected chi connectivity index (χ2v) is 2.35. The normalized spacial score (nSPS) is 11.1. The molecule has 0 amide bonds. The summed E-state index contributed by atoms with van der Waals surface area (Å²) >= 11 is 0. The topological polar surface area (TPSA) is 60.2 Å². The SMILES string of the molecule is CCCCC(C#CC=O)[N+](=O)[O-]. The van der Waals surface area contributed by atoms with Gasteiger partial charge in [0.2, 0.25) is 0 Å². The third kappa shape index (κ3) is 4.45. The lowest BCUT2D eigenvalue weighted by Gasteiger charge is -1.99. The number of hydrogen-bond acceptors (Lipinski definition) is 3. The molecule has 0 saturated carbocycles. The second-order valence-electron chi connectivity index (χ2n) is 2.35. The highest BCUT2D eigenvalue weighted by Crippen LogP contribution is 2.02. The minimum absolute atomic E-state index is 0.377. The first-order valence-corrected chi connectivity index (χ1v) is 3.80. The third-order valence-corrected chi connectivity index (χ3v) is 1.39. The maximum atomic E-state index is 10.3. The van der Waals surface area contributed by atoms with Crippen LogP contribution in [-0.4, -0.2) is 17.3 Å². The molecular weight excluding hydrogens is 158 g/mol. The number of rotatable bonds is 4. The van der Waals surface area contributed by atoms with Crippen molar-refractivity contribution in [2.75, 3.05) is 0 Å². The summed E-state index contributed by atoms with van der Waals surface area (Å²) in [4.78, 5) is 19.7. The molecule has 0 radical (unpaired) electrons. The van der Waals surface area contributed by atoms with E-state index in [1.165, 1.54) is 0 Å². The van der Waals surface area contributed by atoms with E-state index in [2.05, 4.69) is 11.8 Å². The van der Waals surface area contributed by atoms with Crippen molar-refractivity contribution in [2.45, 2.75) is 32.2 Å². The summed E-state index contributed by atoms with van der Waals surface area (Å²) in [5.74, 6) is 4.35. The lowest BCUT2D eigenvalue weighted by molar-refractivity contribution is -0.507. The Bertz CT molecular complexity index is 214. The van der Waals surface area contributed by atoms with Gasteiger partial charge in [-0.3, -0.25) is 14.9 Å². The first-order valence-electron chi connectivity index (χ1n) is 3.80. The van der Waals surface area contributed by atoms with Crippen molar-refractivity contribution in [3.8, 4) is 11.8 Å². The minimum Gasteiger partial charge on any atom is -0.289 e. The molecule has 12 heavy (non-hydrogen) atoms. The van der Waals surface area contributed by atoms with Crippen molar-refractivity contribution < 1.29 is 9.72 Å². The molecule has 1 unspecified atom stereocenters. The van der Waals surface area contributed by atoms with E-state index in [9.17, 15) is 14.9 Å². The third-order valence-electron chi connectivity index (χ3n) is 1.39. The van der Waals surface area contributed by atoms with Gasteiger partial charge in [-0.05, 0) is 18.3 Å². The first kappa shape index (κ1) is 10.6. The Hall–Kier alpha value is -1.37. The molecular formula is C8H11NO3. The Kier molecular flexibility index (Phi) is 5.62. The van der Waals surface area contributed by atoms with Crippen LogP contribution in [0.5, 0.6) is 0 Å². The molecule has 0 saturated heterocycles. The van der Waals surface area contributed by atoms with Crippen LogP contribution in [0.1, 0.15) is 26.2 Å². The van der Waals surface area contributed by atoms with Gasteiger partial charge in [-0.2, -0.15) is 0 Å². The van der Waals surface area contributed by atoms with E-state index in [0.29, 0.717) is 12.7 Å². The maximum absolute atomic E-state index is 10.3. The Morgan fingerprint density at radius 2 is 2.33 bits per heavy atom. The molecule has 0 bridgehead atoms. The van der Waals surface area contributed by atoms with Crippen LogP contribution >= 0.6 is 0 Å². The number of hydrogen-bond donors (Lipinski definition) is 0. The number of carbonyl (C=O) groups excluding carboxylic acids is 1. The van der Waals surface area contributed by atoms with E-state index < -0.39 is 11.0 Å². The summed E-state index contributed by atoms with van der Waals surface area (Å²) in [6.45, 7) is 1.95. The highest BCUT2D eigenvalue weighted by atomic mass is 16.6. The zero-order chi connectivity index (χ0) is 9.40. The molecule has 0 aliphatic carbocycles. The van der Waals surface area contributed by atoms with Gasteiger partial charge in [0.25, 0.3) is 6.04 Å². The summed E-state index contributed by atoms with van der Waals surface area (Å²) in [6.07, 6.45) is 2.46. The molecule has 0 aromatic heterocycles. The van der Waals surface area contributed by atoms with Gasteiger partial charge in [0, 0.05) is 11.3 Å². The van der Waals surface area contributed by atoms with E-state index in [1.807, 2.05) is 6.92 Å². The molecule has 66 valence electrons. The molecule has 4 nitrogen and oxygen atoms in total. The van der Waals surface area contributed by atoms with Crippen LogP contribution in [0.2, 0.25) is 0 Å². The summed E-state index contributed by atoms with van der Waals surface area (Å²) in [7, 11) is 0. The van der Waals surface area contributed by atoms with Crippen molar-refractivity contribution in [1.29, 1.82) is 0 Å². The van der Waals surface area contributed by atoms with Gasteiger partial charge in [0.1, 0.15) is 0 Å². The van der Waals surface area contributed by atoms with Crippen LogP contribution in [0.4, 0.5) is 0 Å². The Morgan fingerprint density at radius 1 is 1.67 bits per heavy atom. The first-order chi connectivity index (χ1) is 5.72. The Labute approximate surface area is 71.1 Å². The highest BCUT2D eigenvalue weighted by molar-refractivity contribution is 5.72. The molecule has 0 aliphatic heterocycles. The minimum atomic E-state index is -0.879. The van der Waals surface area contributed by atoms with Gasteiger partial charge in [-0.25, -0.2) is 0 Å². The summed E-state index contributed by atoms with van der Waals surface area (Å²) in [5, 5.41) is 10.3. The number of unbranched alkanes of at least 4 members (excludes halogenated alkanes) is 1. The fraction of sp³-hybridized carbons (Fsp3) is 0.625. The fourth-order valence-corrected chi connectivity index (χ4v) is 0.758. The summed E-state index contributed by atoms with van der Waals surface area (Å²) < 4.78 is 0. The average molecular weight is 169 g/mol. The van der Waals surface area contributed by atoms with Gasteiger partial charge >= 0.3 is 0 Å². The lowest BCUT2D eigenvalue weighted by Crippen LogP contribution is -2.16. The van der Waals surface area contributed by atoms with Gasteiger partial charge in [-0.15, -0.1) is 0 Å². The Balaban J connectivity index is 4.04. The molecule has 0 fully saturated rings. The number of aldehydes is 1. The zero-order valence-electron chi connectivity index (χ0n) is 6.95. The van der Waals surface area contributed by atoms with E-state index in [0.717, 1.165) is 12.8 Å². The predicted molar refractivity (Wildman–Crippen MR) is 44.1 cm³/mol. The van der Waals surface area contributed by atoms with Crippen LogP contribution in [-0.2, 0) is 4.79 Å². The molecule has 0 aromatic rings. The van der Waals surface area contributed by atoms with Crippen LogP contribution in [0, 0.1) is 22.0 Å². The van der Waals surface area contributed by atoms with Crippen molar-refractivity contribution in [3.63, 3.8) is 0 Å². The van der Waals surface area contributed by atoms with Crippen molar-refractivity contribution in [2.24, 2.45) is 0 Å². The summed E-state index contributed by atoms with van der Waals surface area (Å²) in [6, 6.07) is -0.879. The van der Waals surface area contributed by atoms with Gasteiger partial charge in [-0.1, -0.05) is 13.3 Å². The van der Waals surface area contributed by atoms with Crippen LogP contribution < -0.4 is 0 Å². The second kappa shape index (κ2) is 6.35. The smallest absolute Gasteiger partial charge is 0.272 e. The van der Waals surface area contributed by atoms with Crippen LogP contribution in [0.25, 0.3) is 0 Å². The van der Waals surface area contributed by atoms with Gasteiger partial charge in [0.05, 0.1) is 0 Å². The predicted octanol–water partition coefficient (Wildman–Crippen LogP) is 1.02. The zero-order valence-corrected chi connectivity index (χ0v) is 6.95. The number of nitrogens with zero attached hydrogens (tertiary/aromatic N) is 1. The molecule has 0 N–H and O–H groups in total. The molecule has 1 atom stereocenters. The molecule has 4 heteroatoms. The summed E-state index contributed by atoms with van der Waals surface area (Å²) in [5.41, 5.74) is 0. The van der Waals surface area contributed by atoms with Crippen molar-refractivity contribution >= 4 is 6.29 Å². The standard InChI is InChI=1S/C8H11NO3/c1-2-3-5-8(9(11)12)6-4-7-10/h7-8H,2-3,5H2,1H3. The van der Waals surface area contributed by atoms with Crippen LogP contribution in [0.3, 0.4) is 0 Å². The van der Waals surface area contributed by atoms with E-state index >= 15 is 0 Å². The Morgan fingerprint density at radius 3 is 2.75 bits per heavy atom. The maximum Gasteiger partial charge on any atom is 0.272 e. The fourth-order valence-electron chi connectivity index (χ4n) is 0.758. The quantitative estimate of drug-likeness (QED) is 0.273. The van der Waals surface area contributed by atoms with E-state index in [4.69, 9.17) is 0 Å². The van der Waals surface area contributed by atoms with Gasteiger partial charge in [0.15, 0.2) is 6.29 Å². The van der Waals surface area contributed by atoms with E-state index in [1.54, 1.807) is 0 Å².